The van der Waals surface area contributed by atoms with Gasteiger partial charge in [-0.3, -0.25) is 9.48 Å². The molecule has 1 atom stereocenters. The lowest BCUT2D eigenvalue weighted by molar-refractivity contribution is -0.121. The quantitative estimate of drug-likeness (QED) is 0.796. The van der Waals surface area contributed by atoms with Crippen molar-refractivity contribution in [1.29, 1.82) is 0 Å². The van der Waals surface area contributed by atoms with Crippen LogP contribution in [-0.2, 0) is 18.3 Å². The molecule has 1 aromatic carbocycles. The van der Waals surface area contributed by atoms with E-state index in [1.54, 1.807) is 4.68 Å². The van der Waals surface area contributed by atoms with Crippen molar-refractivity contribution in [1.82, 2.24) is 15.1 Å². The molecule has 0 aliphatic rings. The molecule has 0 spiro atoms. The van der Waals surface area contributed by atoms with Crippen LogP contribution in [0.4, 0.5) is 5.69 Å². The lowest BCUT2D eigenvalue weighted by Gasteiger charge is -2.12. The van der Waals surface area contributed by atoms with Gasteiger partial charge in [0.2, 0.25) is 5.91 Å². The molecule has 1 amide bonds. The molecule has 0 radical (unpaired) electrons. The number of carbonyl (C=O) groups excluding carboxylic acids is 1. The summed E-state index contributed by atoms with van der Waals surface area (Å²) in [5, 5.41) is 7.22. The van der Waals surface area contributed by atoms with Gasteiger partial charge in [0, 0.05) is 38.3 Å². The number of nitrogens with zero attached hydrogens (tertiary/aromatic N) is 2. The van der Waals surface area contributed by atoms with E-state index in [1.807, 2.05) is 50.5 Å². The van der Waals surface area contributed by atoms with Crippen LogP contribution in [0.25, 0.3) is 0 Å². The highest BCUT2D eigenvalue weighted by molar-refractivity contribution is 5.76. The Bertz CT molecular complexity index is 589. The molecular formula is C16H22N4O. The van der Waals surface area contributed by atoms with Gasteiger partial charge in [-0.05, 0) is 29.7 Å². The molecule has 0 fully saturated rings. The van der Waals surface area contributed by atoms with E-state index in [9.17, 15) is 4.79 Å². The molecule has 2 aromatic rings. The predicted molar refractivity (Wildman–Crippen MR) is 83.8 cm³/mol. The van der Waals surface area contributed by atoms with Crippen molar-refractivity contribution in [2.75, 3.05) is 12.3 Å². The number of anilines is 1. The maximum absolute atomic E-state index is 11.9. The Morgan fingerprint density at radius 2 is 2.05 bits per heavy atom. The number of nitrogen functional groups attached to an aromatic ring is 1. The first-order valence-electron chi connectivity index (χ1n) is 7.15. The minimum atomic E-state index is 0.0651. The van der Waals surface area contributed by atoms with Crippen LogP contribution in [0, 0.1) is 0 Å². The summed E-state index contributed by atoms with van der Waals surface area (Å²) in [6.07, 6.45) is 3.13. The van der Waals surface area contributed by atoms with Gasteiger partial charge in [0.15, 0.2) is 0 Å². The summed E-state index contributed by atoms with van der Waals surface area (Å²) >= 11 is 0. The topological polar surface area (TPSA) is 72.9 Å². The van der Waals surface area contributed by atoms with E-state index < -0.39 is 0 Å². The number of nitrogens with one attached hydrogen (secondary N) is 1. The average molecular weight is 286 g/mol. The lowest BCUT2D eigenvalue weighted by Crippen LogP contribution is -2.26. The van der Waals surface area contributed by atoms with Gasteiger partial charge in [-0.1, -0.05) is 19.1 Å². The van der Waals surface area contributed by atoms with Gasteiger partial charge in [0.1, 0.15) is 0 Å². The fourth-order valence-electron chi connectivity index (χ4n) is 2.22. The van der Waals surface area contributed by atoms with Crippen LogP contribution in [0.3, 0.4) is 0 Å². The first-order chi connectivity index (χ1) is 10.0. The second-order valence-corrected chi connectivity index (χ2v) is 5.35. The van der Waals surface area contributed by atoms with Gasteiger partial charge in [-0.15, -0.1) is 0 Å². The Morgan fingerprint density at radius 3 is 2.67 bits per heavy atom. The number of nitrogens with two attached hydrogens (primary N) is 1. The second kappa shape index (κ2) is 6.92. The van der Waals surface area contributed by atoms with Crippen molar-refractivity contribution in [2.45, 2.75) is 25.7 Å². The van der Waals surface area contributed by atoms with E-state index >= 15 is 0 Å². The van der Waals surface area contributed by atoms with Gasteiger partial charge in [-0.25, -0.2) is 0 Å². The Balaban J connectivity index is 1.75. The van der Waals surface area contributed by atoms with Crippen molar-refractivity contribution in [3.63, 3.8) is 0 Å². The molecule has 21 heavy (non-hydrogen) atoms. The molecule has 5 heteroatoms. The van der Waals surface area contributed by atoms with E-state index in [-0.39, 0.29) is 11.8 Å². The van der Waals surface area contributed by atoms with Crippen molar-refractivity contribution in [3.8, 4) is 0 Å². The lowest BCUT2D eigenvalue weighted by atomic mass is 9.97. The summed E-state index contributed by atoms with van der Waals surface area (Å²) < 4.78 is 1.76. The average Bonchev–Trinajstić information content (AvgIpc) is 2.85. The molecule has 5 nitrogen and oxygen atoms in total. The predicted octanol–water partition coefficient (Wildman–Crippen LogP) is 1.85. The van der Waals surface area contributed by atoms with E-state index in [2.05, 4.69) is 10.4 Å². The number of carbonyl (C=O) groups is 1. The highest BCUT2D eigenvalue weighted by Gasteiger charge is 2.11. The molecule has 3 N–H and O–H groups in total. The molecule has 1 aromatic heterocycles. The molecule has 0 aliphatic carbocycles. The van der Waals surface area contributed by atoms with Crippen LogP contribution in [0.15, 0.2) is 36.5 Å². The molecule has 0 aliphatic heterocycles. The summed E-state index contributed by atoms with van der Waals surface area (Å²) in [5.41, 5.74) is 8.52. The minimum Gasteiger partial charge on any atom is -0.399 e. The Hall–Kier alpha value is -2.30. The summed E-state index contributed by atoms with van der Waals surface area (Å²) in [6, 6.07) is 9.64. The van der Waals surface area contributed by atoms with Crippen molar-refractivity contribution in [3.05, 3.63) is 47.8 Å². The Morgan fingerprint density at radius 1 is 1.33 bits per heavy atom. The molecular weight excluding hydrogens is 264 g/mol. The molecule has 0 bridgehead atoms. The SMILES string of the molecule is CC(CC(=O)NCCc1ccn(C)n1)c1ccc(N)cc1. The zero-order valence-electron chi connectivity index (χ0n) is 12.5. The van der Waals surface area contributed by atoms with Crippen molar-refractivity contribution >= 4 is 11.6 Å². The first-order valence-corrected chi connectivity index (χ1v) is 7.15. The van der Waals surface area contributed by atoms with Crippen LogP contribution in [0.1, 0.15) is 30.5 Å². The number of hydrogen-bond acceptors (Lipinski definition) is 3. The Labute approximate surface area is 125 Å². The van der Waals surface area contributed by atoms with E-state index in [0.717, 1.165) is 23.4 Å². The third-order valence-electron chi connectivity index (χ3n) is 3.47. The molecule has 1 unspecified atom stereocenters. The third-order valence-corrected chi connectivity index (χ3v) is 3.47. The van der Waals surface area contributed by atoms with Gasteiger partial charge in [0.25, 0.3) is 0 Å². The van der Waals surface area contributed by atoms with E-state index in [0.29, 0.717) is 13.0 Å². The molecule has 112 valence electrons. The number of aromatic nitrogens is 2. The first kappa shape index (κ1) is 15.1. The van der Waals surface area contributed by atoms with Crippen LogP contribution < -0.4 is 11.1 Å². The number of aryl methyl sites for hydroxylation is 1. The fourth-order valence-corrected chi connectivity index (χ4v) is 2.22. The molecule has 1 heterocycles. The largest absolute Gasteiger partial charge is 0.399 e. The van der Waals surface area contributed by atoms with Gasteiger partial charge in [-0.2, -0.15) is 5.10 Å². The number of amides is 1. The number of rotatable bonds is 6. The summed E-state index contributed by atoms with van der Waals surface area (Å²) in [4.78, 5) is 11.9. The highest BCUT2D eigenvalue weighted by atomic mass is 16.1. The van der Waals surface area contributed by atoms with Crippen LogP contribution >= 0.6 is 0 Å². The molecule has 0 saturated heterocycles. The van der Waals surface area contributed by atoms with Crippen LogP contribution in [-0.4, -0.2) is 22.2 Å². The molecule has 0 saturated carbocycles. The number of hydrogen-bond donors (Lipinski definition) is 2. The smallest absolute Gasteiger partial charge is 0.220 e. The zero-order valence-corrected chi connectivity index (χ0v) is 12.5. The van der Waals surface area contributed by atoms with E-state index in [4.69, 9.17) is 5.73 Å². The second-order valence-electron chi connectivity index (χ2n) is 5.35. The van der Waals surface area contributed by atoms with Gasteiger partial charge in [0.05, 0.1) is 5.69 Å². The van der Waals surface area contributed by atoms with Crippen molar-refractivity contribution in [2.24, 2.45) is 7.05 Å². The maximum Gasteiger partial charge on any atom is 0.220 e. The van der Waals surface area contributed by atoms with Crippen LogP contribution in [0.2, 0.25) is 0 Å². The van der Waals surface area contributed by atoms with Crippen molar-refractivity contribution < 1.29 is 4.79 Å². The van der Waals surface area contributed by atoms with E-state index in [1.165, 1.54) is 0 Å². The van der Waals surface area contributed by atoms with Crippen LogP contribution in [0.5, 0.6) is 0 Å². The highest BCUT2D eigenvalue weighted by Crippen LogP contribution is 2.19. The Kier molecular flexibility index (Phi) is 4.98. The molecule has 2 rings (SSSR count). The maximum atomic E-state index is 11.9. The van der Waals surface area contributed by atoms with Gasteiger partial charge >= 0.3 is 0 Å². The normalized spacial score (nSPS) is 12.1. The summed E-state index contributed by atoms with van der Waals surface area (Å²) in [5.74, 6) is 0.246. The standard InChI is InChI=1S/C16H22N4O/c1-12(13-3-5-14(17)6-4-13)11-16(21)18-9-7-15-8-10-20(2)19-15/h3-6,8,10,12H,7,9,11,17H2,1-2H3,(H,18,21). The monoisotopic (exact) mass is 286 g/mol. The zero-order chi connectivity index (χ0) is 15.2. The summed E-state index contributed by atoms with van der Waals surface area (Å²) in [7, 11) is 1.89. The van der Waals surface area contributed by atoms with Gasteiger partial charge < -0.3 is 11.1 Å². The number of benzene rings is 1. The third kappa shape index (κ3) is 4.63. The summed E-state index contributed by atoms with van der Waals surface area (Å²) in [6.45, 7) is 2.66. The minimum absolute atomic E-state index is 0.0651. The fraction of sp³-hybridized carbons (Fsp3) is 0.375.